The van der Waals surface area contributed by atoms with Gasteiger partial charge < -0.3 is 24.5 Å². The largest absolute Gasteiger partial charge is 0.493 e. The fourth-order valence-electron chi connectivity index (χ4n) is 1.87. The summed E-state index contributed by atoms with van der Waals surface area (Å²) >= 11 is 0. The number of ether oxygens (including phenoxy) is 3. The van der Waals surface area contributed by atoms with E-state index in [1.165, 1.54) is 0 Å². The third-order valence-electron chi connectivity index (χ3n) is 2.98. The summed E-state index contributed by atoms with van der Waals surface area (Å²) in [7, 11) is 3.20. The van der Waals surface area contributed by atoms with Crippen molar-refractivity contribution in [3.8, 4) is 11.5 Å². The van der Waals surface area contributed by atoms with Gasteiger partial charge in [0, 0.05) is 19.2 Å². The lowest BCUT2D eigenvalue weighted by Gasteiger charge is -2.12. The summed E-state index contributed by atoms with van der Waals surface area (Å²) in [6.45, 7) is 2.60. The lowest BCUT2D eigenvalue weighted by molar-refractivity contribution is 0.155. The van der Waals surface area contributed by atoms with E-state index in [2.05, 4.69) is 5.16 Å². The molecule has 0 saturated heterocycles. The van der Waals surface area contributed by atoms with Crippen LogP contribution < -0.4 is 15.2 Å². The highest BCUT2D eigenvalue weighted by atomic mass is 16.5. The number of aromatic nitrogens is 1. The van der Waals surface area contributed by atoms with Crippen LogP contribution in [-0.2, 0) is 18.0 Å². The molecule has 114 valence electrons. The van der Waals surface area contributed by atoms with Crippen molar-refractivity contribution in [3.63, 3.8) is 0 Å². The van der Waals surface area contributed by atoms with Crippen molar-refractivity contribution < 1.29 is 18.7 Å². The van der Waals surface area contributed by atoms with Gasteiger partial charge in [-0.3, -0.25) is 0 Å². The highest BCUT2D eigenvalue weighted by Gasteiger charge is 2.10. The van der Waals surface area contributed by atoms with Gasteiger partial charge in [0.15, 0.2) is 17.3 Å². The number of methoxy groups -OCH3 is 2. The Morgan fingerprint density at radius 3 is 2.67 bits per heavy atom. The van der Waals surface area contributed by atoms with Crippen LogP contribution in [0.25, 0.3) is 0 Å². The molecule has 2 aromatic rings. The van der Waals surface area contributed by atoms with E-state index in [9.17, 15) is 0 Å². The van der Waals surface area contributed by atoms with Crippen LogP contribution in [0.4, 0.5) is 0 Å². The number of hydrogen-bond donors (Lipinski definition) is 1. The predicted octanol–water partition coefficient (Wildman–Crippen LogP) is 2.43. The van der Waals surface area contributed by atoms with Crippen LogP contribution in [0.15, 0.2) is 28.8 Å². The maximum absolute atomic E-state index is 5.85. The summed E-state index contributed by atoms with van der Waals surface area (Å²) in [4.78, 5) is 0. The second-order valence-corrected chi connectivity index (χ2v) is 4.71. The Hall–Kier alpha value is -2.05. The monoisotopic (exact) mass is 292 g/mol. The molecule has 1 heterocycles. The van der Waals surface area contributed by atoms with E-state index in [1.807, 2.05) is 25.1 Å². The topological polar surface area (TPSA) is 79.7 Å². The average molecular weight is 292 g/mol. The first kappa shape index (κ1) is 15.3. The van der Waals surface area contributed by atoms with Crippen LogP contribution in [-0.4, -0.2) is 19.4 Å². The van der Waals surface area contributed by atoms with Gasteiger partial charge in [0.25, 0.3) is 0 Å². The number of nitrogens with zero attached hydrogens (tertiary/aromatic N) is 1. The van der Waals surface area contributed by atoms with Gasteiger partial charge in [-0.15, -0.1) is 0 Å². The lowest BCUT2D eigenvalue weighted by Crippen LogP contribution is -2.05. The molecule has 0 aliphatic carbocycles. The molecule has 0 spiro atoms. The molecule has 2 N–H and O–H groups in total. The van der Waals surface area contributed by atoms with Crippen LogP contribution in [0.1, 0.15) is 30.0 Å². The van der Waals surface area contributed by atoms with Crippen molar-refractivity contribution in [2.24, 2.45) is 5.73 Å². The normalized spacial score (nSPS) is 12.2. The molecule has 1 atom stereocenters. The predicted molar refractivity (Wildman–Crippen MR) is 77.1 cm³/mol. The molecule has 0 aliphatic rings. The molecule has 2 rings (SSSR count). The summed E-state index contributed by atoms with van der Waals surface area (Å²) < 4.78 is 21.1. The second-order valence-electron chi connectivity index (χ2n) is 4.71. The van der Waals surface area contributed by atoms with E-state index < -0.39 is 0 Å². The Bertz CT molecular complexity index is 581. The van der Waals surface area contributed by atoms with E-state index in [-0.39, 0.29) is 6.04 Å². The van der Waals surface area contributed by atoms with Crippen LogP contribution in [0.2, 0.25) is 0 Å². The first-order valence-corrected chi connectivity index (χ1v) is 6.63. The molecule has 0 fully saturated rings. The SMILES string of the molecule is COCc1cc(COc2ccc([C@@H](C)N)cc2OC)no1. The molecule has 0 unspecified atom stereocenters. The summed E-state index contributed by atoms with van der Waals surface area (Å²) in [5.41, 5.74) is 7.54. The van der Waals surface area contributed by atoms with Crippen molar-refractivity contribution >= 4 is 0 Å². The molecule has 21 heavy (non-hydrogen) atoms. The van der Waals surface area contributed by atoms with Crippen molar-refractivity contribution in [1.29, 1.82) is 0 Å². The molecule has 0 aliphatic heterocycles. The fourth-order valence-corrected chi connectivity index (χ4v) is 1.87. The van der Waals surface area contributed by atoms with E-state index in [0.717, 1.165) is 5.56 Å². The van der Waals surface area contributed by atoms with Crippen molar-refractivity contribution in [1.82, 2.24) is 5.16 Å². The fraction of sp³-hybridized carbons (Fsp3) is 0.400. The smallest absolute Gasteiger partial charge is 0.162 e. The van der Waals surface area contributed by atoms with E-state index in [1.54, 1.807) is 20.3 Å². The Morgan fingerprint density at radius 2 is 2.00 bits per heavy atom. The third-order valence-corrected chi connectivity index (χ3v) is 2.98. The minimum Gasteiger partial charge on any atom is -0.493 e. The van der Waals surface area contributed by atoms with Crippen molar-refractivity contribution in [3.05, 3.63) is 41.3 Å². The van der Waals surface area contributed by atoms with Crippen LogP contribution in [0.5, 0.6) is 11.5 Å². The quantitative estimate of drug-likeness (QED) is 0.844. The number of benzene rings is 1. The molecule has 1 aromatic heterocycles. The van der Waals surface area contributed by atoms with Gasteiger partial charge in [0.2, 0.25) is 0 Å². The minimum absolute atomic E-state index is 0.0555. The highest BCUT2D eigenvalue weighted by Crippen LogP contribution is 2.30. The maximum atomic E-state index is 5.85. The van der Waals surface area contributed by atoms with E-state index in [4.69, 9.17) is 24.5 Å². The molecule has 6 nitrogen and oxygen atoms in total. The molecule has 0 radical (unpaired) electrons. The summed E-state index contributed by atoms with van der Waals surface area (Å²) in [5.74, 6) is 1.94. The highest BCUT2D eigenvalue weighted by molar-refractivity contribution is 5.43. The lowest BCUT2D eigenvalue weighted by atomic mass is 10.1. The second kappa shape index (κ2) is 7.10. The zero-order chi connectivity index (χ0) is 15.2. The van der Waals surface area contributed by atoms with Gasteiger partial charge in [-0.05, 0) is 24.6 Å². The summed E-state index contributed by atoms with van der Waals surface area (Å²) in [6, 6.07) is 7.38. The Kier molecular flexibility index (Phi) is 5.19. The standard InChI is InChI=1S/C15H20N2O4/c1-10(16)11-4-5-14(15(6-11)19-3)20-8-12-7-13(9-18-2)21-17-12/h4-7,10H,8-9,16H2,1-3H3/t10-/m1/s1. The maximum Gasteiger partial charge on any atom is 0.162 e. The van der Waals surface area contributed by atoms with Gasteiger partial charge in [0.05, 0.1) is 7.11 Å². The average Bonchev–Trinajstić information content (AvgIpc) is 2.93. The molecule has 0 saturated carbocycles. The van der Waals surface area contributed by atoms with Gasteiger partial charge >= 0.3 is 0 Å². The summed E-state index contributed by atoms with van der Waals surface area (Å²) in [5, 5.41) is 3.91. The molecule has 6 heteroatoms. The minimum atomic E-state index is -0.0555. The molecular weight excluding hydrogens is 272 g/mol. The van der Waals surface area contributed by atoms with E-state index >= 15 is 0 Å². The van der Waals surface area contributed by atoms with Crippen LogP contribution in [0, 0.1) is 0 Å². The number of hydrogen-bond acceptors (Lipinski definition) is 6. The van der Waals surface area contributed by atoms with Gasteiger partial charge in [-0.2, -0.15) is 0 Å². The Morgan fingerprint density at radius 1 is 1.19 bits per heavy atom. The van der Waals surface area contributed by atoms with Gasteiger partial charge in [0.1, 0.15) is 18.9 Å². The van der Waals surface area contributed by atoms with Crippen LogP contribution in [0.3, 0.4) is 0 Å². The third kappa shape index (κ3) is 3.96. The van der Waals surface area contributed by atoms with E-state index in [0.29, 0.717) is 36.2 Å². The first-order valence-electron chi connectivity index (χ1n) is 6.63. The van der Waals surface area contributed by atoms with Gasteiger partial charge in [-0.25, -0.2) is 0 Å². The number of nitrogens with two attached hydrogens (primary N) is 1. The molecule has 0 amide bonds. The molecular formula is C15H20N2O4. The number of rotatable bonds is 7. The van der Waals surface area contributed by atoms with Gasteiger partial charge in [-0.1, -0.05) is 11.2 Å². The molecule has 1 aromatic carbocycles. The Balaban J connectivity index is 2.04. The first-order chi connectivity index (χ1) is 10.1. The summed E-state index contributed by atoms with van der Waals surface area (Å²) in [6.07, 6.45) is 0. The zero-order valence-electron chi connectivity index (χ0n) is 12.5. The van der Waals surface area contributed by atoms with Crippen LogP contribution >= 0.6 is 0 Å². The molecule has 0 bridgehead atoms. The van der Waals surface area contributed by atoms with Crippen molar-refractivity contribution in [2.75, 3.05) is 14.2 Å². The zero-order valence-corrected chi connectivity index (χ0v) is 12.5. The van der Waals surface area contributed by atoms with Crippen molar-refractivity contribution in [2.45, 2.75) is 26.2 Å². The Labute approximate surface area is 123 Å².